The average Bonchev–Trinajstić information content (AvgIpc) is 3.01. The van der Waals surface area contributed by atoms with E-state index in [4.69, 9.17) is 18.9 Å². The smallest absolute Gasteiger partial charge is 0.251 e. The fourth-order valence-electron chi connectivity index (χ4n) is 4.80. The lowest BCUT2D eigenvalue weighted by atomic mass is 10.0. The number of aliphatic hydroxyl groups excluding tert-OH is 1. The van der Waals surface area contributed by atoms with Crippen LogP contribution >= 0.6 is 0 Å². The van der Waals surface area contributed by atoms with Crippen molar-refractivity contribution in [2.45, 2.75) is 71.6 Å². The van der Waals surface area contributed by atoms with Crippen LogP contribution in [0.15, 0.2) is 66.7 Å². The van der Waals surface area contributed by atoms with Crippen LogP contribution in [0.5, 0.6) is 11.5 Å². The van der Waals surface area contributed by atoms with Crippen LogP contribution < -0.4 is 20.1 Å². The van der Waals surface area contributed by atoms with Crippen LogP contribution in [0.4, 0.5) is 0 Å². The van der Waals surface area contributed by atoms with E-state index >= 15 is 0 Å². The molecule has 1 aliphatic heterocycles. The van der Waals surface area contributed by atoms with Crippen molar-refractivity contribution < 1.29 is 28.8 Å². The normalized spacial score (nSPS) is 14.4. The van der Waals surface area contributed by atoms with Gasteiger partial charge in [-0.25, -0.2) is 0 Å². The number of ether oxygens (including phenoxy) is 4. The molecule has 4 rings (SSSR count). The highest BCUT2D eigenvalue weighted by molar-refractivity contribution is 5.94. The fourth-order valence-corrected chi connectivity index (χ4v) is 4.80. The van der Waals surface area contributed by atoms with Crippen molar-refractivity contribution in [3.63, 3.8) is 0 Å². The second-order valence-electron chi connectivity index (χ2n) is 11.3. The second kappa shape index (κ2) is 16.4. The molecule has 1 atom stereocenters. The van der Waals surface area contributed by atoms with E-state index in [9.17, 15) is 9.90 Å². The Kier molecular flexibility index (Phi) is 12.4. The lowest BCUT2D eigenvalue weighted by Gasteiger charge is -2.33. The molecular formula is C35H46N2O6. The van der Waals surface area contributed by atoms with Gasteiger partial charge < -0.3 is 34.7 Å². The summed E-state index contributed by atoms with van der Waals surface area (Å²) in [5.74, 6) is 0.929. The molecule has 8 heteroatoms. The van der Waals surface area contributed by atoms with Crippen LogP contribution in [0.2, 0.25) is 0 Å². The summed E-state index contributed by atoms with van der Waals surface area (Å²) in [5.41, 5.74) is 4.60. The van der Waals surface area contributed by atoms with Gasteiger partial charge in [-0.3, -0.25) is 4.79 Å². The Morgan fingerprint density at radius 3 is 2.65 bits per heavy atom. The lowest BCUT2D eigenvalue weighted by Crippen LogP contribution is -2.35. The van der Waals surface area contributed by atoms with Crippen molar-refractivity contribution >= 4 is 5.91 Å². The summed E-state index contributed by atoms with van der Waals surface area (Å²) >= 11 is 0. The van der Waals surface area contributed by atoms with Crippen LogP contribution in [0.1, 0.15) is 78.7 Å². The molecule has 3 aromatic rings. The zero-order valence-corrected chi connectivity index (χ0v) is 25.7. The van der Waals surface area contributed by atoms with Gasteiger partial charge in [-0.1, -0.05) is 50.1 Å². The Morgan fingerprint density at radius 1 is 1.00 bits per heavy atom. The topological polar surface area (TPSA) is 98.3 Å². The highest BCUT2D eigenvalue weighted by Crippen LogP contribution is 2.32. The standard InChI is InChI=1S/C35H46N2O6/c1-4-5-6-17-37-34(39)29-9-7-8-27(21-29)24-40-19-20-41-31-13-10-26(11-14-31)16-18-36-23-32(38)28-12-15-33-30(22-28)25-42-35(2,3)43-33/h7-15,21-22,32,36,38H,4-6,16-20,23-25H2,1-3H3,(H,37,39)/t32-/m0/s1. The molecule has 3 N–H and O–H groups in total. The zero-order chi connectivity index (χ0) is 30.5. The number of unbranched alkanes of at least 4 members (excludes halogenated alkanes) is 2. The summed E-state index contributed by atoms with van der Waals surface area (Å²) in [4.78, 5) is 12.3. The Hall–Kier alpha value is -3.43. The molecule has 0 aliphatic carbocycles. The molecule has 232 valence electrons. The van der Waals surface area contributed by atoms with Crippen LogP contribution in [0.25, 0.3) is 0 Å². The first kappa shape index (κ1) is 32.5. The maximum absolute atomic E-state index is 12.3. The minimum Gasteiger partial charge on any atom is -0.491 e. The van der Waals surface area contributed by atoms with Crippen molar-refractivity contribution in [2.75, 3.05) is 32.8 Å². The van der Waals surface area contributed by atoms with Crippen molar-refractivity contribution in [3.8, 4) is 11.5 Å². The number of aliphatic hydroxyl groups is 1. The number of hydrogen-bond donors (Lipinski definition) is 3. The van der Waals surface area contributed by atoms with E-state index in [-0.39, 0.29) is 5.91 Å². The quantitative estimate of drug-likeness (QED) is 0.173. The molecule has 0 bridgehead atoms. The molecule has 1 amide bonds. The molecule has 0 spiro atoms. The Bertz CT molecular complexity index is 1290. The first-order chi connectivity index (χ1) is 20.8. The van der Waals surface area contributed by atoms with E-state index < -0.39 is 11.9 Å². The van der Waals surface area contributed by atoms with Crippen LogP contribution in [0.3, 0.4) is 0 Å². The summed E-state index contributed by atoms with van der Waals surface area (Å²) in [6.07, 6.45) is 3.48. The van der Waals surface area contributed by atoms with Crippen molar-refractivity contribution in [1.82, 2.24) is 10.6 Å². The molecule has 0 radical (unpaired) electrons. The maximum atomic E-state index is 12.3. The number of amides is 1. The van der Waals surface area contributed by atoms with Gasteiger partial charge in [-0.15, -0.1) is 0 Å². The summed E-state index contributed by atoms with van der Waals surface area (Å²) in [5, 5.41) is 17.0. The molecule has 0 saturated carbocycles. The molecule has 3 aromatic carbocycles. The number of nitrogens with one attached hydrogen (secondary N) is 2. The molecule has 8 nitrogen and oxygen atoms in total. The van der Waals surface area contributed by atoms with E-state index in [1.54, 1.807) is 0 Å². The maximum Gasteiger partial charge on any atom is 0.251 e. The third-order valence-electron chi connectivity index (χ3n) is 7.27. The Morgan fingerprint density at radius 2 is 1.84 bits per heavy atom. The fraction of sp³-hybridized carbons (Fsp3) is 0.457. The number of benzene rings is 3. The summed E-state index contributed by atoms with van der Waals surface area (Å²) in [7, 11) is 0. The third kappa shape index (κ3) is 10.7. The Balaban J connectivity index is 1.09. The van der Waals surface area contributed by atoms with Crippen molar-refractivity contribution in [1.29, 1.82) is 0 Å². The van der Waals surface area contributed by atoms with Gasteiger partial charge in [-0.05, 0) is 72.5 Å². The second-order valence-corrected chi connectivity index (χ2v) is 11.3. The lowest BCUT2D eigenvalue weighted by molar-refractivity contribution is -0.180. The van der Waals surface area contributed by atoms with E-state index in [2.05, 4.69) is 29.7 Å². The van der Waals surface area contributed by atoms with Gasteiger partial charge in [0.05, 0.1) is 25.9 Å². The highest BCUT2D eigenvalue weighted by atomic mass is 16.7. The van der Waals surface area contributed by atoms with Crippen LogP contribution in [-0.4, -0.2) is 49.6 Å². The largest absolute Gasteiger partial charge is 0.491 e. The molecular weight excluding hydrogens is 544 g/mol. The van der Waals surface area contributed by atoms with Gasteiger partial charge in [0, 0.05) is 38.1 Å². The molecule has 1 heterocycles. The number of fused-ring (bicyclic) bond motifs is 1. The minimum absolute atomic E-state index is 0.0423. The number of rotatable bonds is 17. The summed E-state index contributed by atoms with van der Waals surface area (Å²) in [6.45, 7) is 9.62. The number of carbonyl (C=O) groups is 1. The van der Waals surface area contributed by atoms with Crippen LogP contribution in [0, 0.1) is 0 Å². The van der Waals surface area contributed by atoms with Gasteiger partial charge >= 0.3 is 0 Å². The molecule has 0 saturated heterocycles. The SMILES string of the molecule is CCCCCNC(=O)c1cccc(COCCOc2ccc(CCNC[C@H](O)c3ccc4c(c3)COC(C)(C)O4)cc2)c1. The summed E-state index contributed by atoms with van der Waals surface area (Å²) < 4.78 is 23.1. The predicted octanol–water partition coefficient (Wildman–Crippen LogP) is 5.71. The molecule has 0 unspecified atom stereocenters. The summed E-state index contributed by atoms with van der Waals surface area (Å²) in [6, 6.07) is 21.4. The van der Waals surface area contributed by atoms with Gasteiger partial charge in [0.1, 0.15) is 18.1 Å². The van der Waals surface area contributed by atoms with Gasteiger partial charge in [0.2, 0.25) is 5.79 Å². The first-order valence-corrected chi connectivity index (χ1v) is 15.3. The van der Waals surface area contributed by atoms with E-state index in [1.165, 1.54) is 5.56 Å². The third-order valence-corrected chi connectivity index (χ3v) is 7.27. The first-order valence-electron chi connectivity index (χ1n) is 15.3. The molecule has 1 aliphatic rings. The van der Waals surface area contributed by atoms with E-state index in [0.717, 1.165) is 60.4 Å². The van der Waals surface area contributed by atoms with Gasteiger partial charge in [0.25, 0.3) is 5.91 Å². The number of hydrogen-bond acceptors (Lipinski definition) is 7. The Labute approximate surface area is 255 Å². The molecule has 43 heavy (non-hydrogen) atoms. The van der Waals surface area contributed by atoms with E-state index in [0.29, 0.717) is 45.1 Å². The van der Waals surface area contributed by atoms with Gasteiger partial charge in [0.15, 0.2) is 0 Å². The molecule has 0 fully saturated rings. The van der Waals surface area contributed by atoms with Crippen molar-refractivity contribution in [3.05, 3.63) is 94.5 Å². The monoisotopic (exact) mass is 590 g/mol. The number of carbonyl (C=O) groups excluding carboxylic acids is 1. The van der Waals surface area contributed by atoms with Crippen LogP contribution in [-0.2, 0) is 29.1 Å². The molecule has 0 aromatic heterocycles. The minimum atomic E-state index is -0.629. The average molecular weight is 591 g/mol. The highest BCUT2D eigenvalue weighted by Gasteiger charge is 2.27. The predicted molar refractivity (Wildman–Crippen MR) is 167 cm³/mol. The zero-order valence-electron chi connectivity index (χ0n) is 25.7. The van der Waals surface area contributed by atoms with Gasteiger partial charge in [-0.2, -0.15) is 0 Å². The van der Waals surface area contributed by atoms with E-state index in [1.807, 2.05) is 68.4 Å². The van der Waals surface area contributed by atoms with Crippen molar-refractivity contribution in [2.24, 2.45) is 0 Å².